The summed E-state index contributed by atoms with van der Waals surface area (Å²) in [7, 11) is 1.81. The summed E-state index contributed by atoms with van der Waals surface area (Å²) in [5, 5.41) is 6.77. The molecule has 2 N–H and O–H groups in total. The Morgan fingerprint density at radius 1 is 1.45 bits per heavy atom. The second-order valence-corrected chi connectivity index (χ2v) is 5.39. The van der Waals surface area contributed by atoms with E-state index in [1.165, 1.54) is 0 Å². The topological polar surface area (TPSA) is 47.6 Å². The van der Waals surface area contributed by atoms with Gasteiger partial charge in [0.2, 0.25) is 0 Å². The molecule has 1 heterocycles. The van der Waals surface area contributed by atoms with Crippen LogP contribution in [0.25, 0.3) is 0 Å². The summed E-state index contributed by atoms with van der Waals surface area (Å²) in [6, 6.07) is 7.06. The molecule has 1 aromatic rings. The van der Waals surface area contributed by atoms with E-state index < -0.39 is 0 Å². The highest BCUT2D eigenvalue weighted by atomic mass is 35.5. The maximum Gasteiger partial charge on any atom is 0.321 e. The van der Waals surface area contributed by atoms with Gasteiger partial charge in [-0.2, -0.15) is 0 Å². The normalized spacial score (nSPS) is 15.9. The average molecular weight is 297 g/mol. The molecule has 1 aromatic carbocycles. The number of urea groups is 1. The van der Waals surface area contributed by atoms with Gasteiger partial charge in [-0.3, -0.25) is 4.90 Å². The van der Waals surface area contributed by atoms with E-state index in [2.05, 4.69) is 15.5 Å². The number of anilines is 1. The number of nitrogens with one attached hydrogen (secondary N) is 2. The van der Waals surface area contributed by atoms with Crippen molar-refractivity contribution >= 4 is 23.3 Å². The first-order valence-corrected chi connectivity index (χ1v) is 7.24. The van der Waals surface area contributed by atoms with Crippen LogP contribution in [-0.2, 0) is 0 Å². The molecule has 0 radical (unpaired) electrons. The molecule has 6 heteroatoms. The Labute approximate surface area is 124 Å². The quantitative estimate of drug-likeness (QED) is 0.889. The molecule has 1 aliphatic heterocycles. The first kappa shape index (κ1) is 15.1. The molecule has 1 aliphatic rings. The Kier molecular flexibility index (Phi) is 5.64. The molecule has 0 aromatic heterocycles. The van der Waals surface area contributed by atoms with Gasteiger partial charge < -0.3 is 15.5 Å². The Morgan fingerprint density at radius 3 is 2.90 bits per heavy atom. The van der Waals surface area contributed by atoms with Crippen molar-refractivity contribution in [2.75, 3.05) is 51.6 Å². The first-order valence-electron chi connectivity index (χ1n) is 6.86. The van der Waals surface area contributed by atoms with Crippen LogP contribution in [0, 0.1) is 0 Å². The summed E-state index contributed by atoms with van der Waals surface area (Å²) in [6.07, 6.45) is 0. The Bertz CT molecular complexity index is 449. The molecule has 2 amide bonds. The summed E-state index contributed by atoms with van der Waals surface area (Å²) in [4.78, 5) is 16.1. The SMILES string of the molecule is CN(CCN1CCNCC1)C(=O)Nc1cccc(Cl)c1. The van der Waals surface area contributed by atoms with Crippen LogP contribution >= 0.6 is 11.6 Å². The number of nitrogens with zero attached hydrogens (tertiary/aromatic N) is 2. The van der Waals surface area contributed by atoms with Crippen LogP contribution in [0.2, 0.25) is 5.02 Å². The molecule has 0 aliphatic carbocycles. The van der Waals surface area contributed by atoms with Gasteiger partial charge in [0.15, 0.2) is 0 Å². The van der Waals surface area contributed by atoms with Crippen molar-refractivity contribution in [1.29, 1.82) is 0 Å². The Hall–Kier alpha value is -1.30. The van der Waals surface area contributed by atoms with E-state index in [1.54, 1.807) is 17.0 Å². The minimum Gasteiger partial charge on any atom is -0.326 e. The second-order valence-electron chi connectivity index (χ2n) is 4.95. The zero-order valence-electron chi connectivity index (χ0n) is 11.7. The third kappa shape index (κ3) is 4.67. The van der Waals surface area contributed by atoms with Crippen molar-refractivity contribution < 1.29 is 4.79 Å². The molecule has 0 bridgehead atoms. The summed E-state index contributed by atoms with van der Waals surface area (Å²) in [5.74, 6) is 0. The van der Waals surface area contributed by atoms with Crippen LogP contribution in [-0.4, -0.2) is 62.1 Å². The van der Waals surface area contributed by atoms with Gasteiger partial charge in [0.05, 0.1) is 0 Å². The average Bonchev–Trinajstić information content (AvgIpc) is 2.46. The molecule has 5 nitrogen and oxygen atoms in total. The van der Waals surface area contributed by atoms with E-state index in [0.717, 1.165) is 38.4 Å². The number of likely N-dealkylation sites (N-methyl/N-ethyl adjacent to an activating group) is 1. The summed E-state index contributed by atoms with van der Waals surface area (Å²) >= 11 is 5.89. The van der Waals surface area contributed by atoms with E-state index >= 15 is 0 Å². The molecule has 1 fully saturated rings. The number of halogens is 1. The van der Waals surface area contributed by atoms with Gasteiger partial charge in [-0.25, -0.2) is 4.79 Å². The lowest BCUT2D eigenvalue weighted by atomic mass is 10.3. The number of hydrogen-bond donors (Lipinski definition) is 2. The maximum absolute atomic E-state index is 12.0. The fourth-order valence-electron chi connectivity index (χ4n) is 2.11. The number of amides is 2. The minimum atomic E-state index is -0.109. The fraction of sp³-hybridized carbons (Fsp3) is 0.500. The van der Waals surface area contributed by atoms with Crippen molar-refractivity contribution in [3.8, 4) is 0 Å². The Morgan fingerprint density at radius 2 is 2.20 bits per heavy atom. The van der Waals surface area contributed by atoms with Gasteiger partial charge in [-0.05, 0) is 18.2 Å². The highest BCUT2D eigenvalue weighted by Crippen LogP contribution is 2.15. The highest BCUT2D eigenvalue weighted by molar-refractivity contribution is 6.30. The van der Waals surface area contributed by atoms with Crippen molar-refractivity contribution in [3.05, 3.63) is 29.3 Å². The number of hydrogen-bond acceptors (Lipinski definition) is 3. The standard InChI is InChI=1S/C14H21ClN4O/c1-18(9-10-19-7-5-16-6-8-19)14(20)17-13-4-2-3-12(15)11-13/h2-4,11,16H,5-10H2,1H3,(H,17,20). The predicted octanol–water partition coefficient (Wildman–Crippen LogP) is 1.71. The number of piperazine rings is 1. The maximum atomic E-state index is 12.0. The van der Waals surface area contributed by atoms with Gasteiger partial charge in [0.1, 0.15) is 0 Å². The number of carbonyl (C=O) groups excluding carboxylic acids is 1. The second kappa shape index (κ2) is 7.47. The molecule has 2 rings (SSSR count). The third-order valence-corrected chi connectivity index (χ3v) is 3.62. The van der Waals surface area contributed by atoms with E-state index in [9.17, 15) is 4.79 Å². The third-order valence-electron chi connectivity index (χ3n) is 3.38. The van der Waals surface area contributed by atoms with Gasteiger partial charge in [0, 0.05) is 57.0 Å². The Balaban J connectivity index is 1.76. The van der Waals surface area contributed by atoms with Gasteiger partial charge >= 0.3 is 6.03 Å². The molecule has 0 saturated carbocycles. The van der Waals surface area contributed by atoms with Crippen molar-refractivity contribution in [3.63, 3.8) is 0 Å². The summed E-state index contributed by atoms with van der Waals surface area (Å²) in [5.41, 5.74) is 0.719. The molecule has 0 spiro atoms. The van der Waals surface area contributed by atoms with E-state index in [1.807, 2.05) is 19.2 Å². The van der Waals surface area contributed by atoms with Gasteiger partial charge in [0.25, 0.3) is 0 Å². The number of benzene rings is 1. The van der Waals surface area contributed by atoms with E-state index in [4.69, 9.17) is 11.6 Å². The van der Waals surface area contributed by atoms with Gasteiger partial charge in [-0.1, -0.05) is 17.7 Å². The highest BCUT2D eigenvalue weighted by Gasteiger charge is 2.13. The van der Waals surface area contributed by atoms with Crippen LogP contribution in [0.3, 0.4) is 0 Å². The lowest BCUT2D eigenvalue weighted by Crippen LogP contribution is -2.46. The van der Waals surface area contributed by atoms with Crippen LogP contribution < -0.4 is 10.6 Å². The monoisotopic (exact) mass is 296 g/mol. The smallest absolute Gasteiger partial charge is 0.321 e. The largest absolute Gasteiger partial charge is 0.326 e. The lowest BCUT2D eigenvalue weighted by Gasteiger charge is -2.29. The van der Waals surface area contributed by atoms with Crippen molar-refractivity contribution in [2.24, 2.45) is 0 Å². The molecule has 20 heavy (non-hydrogen) atoms. The molecule has 1 saturated heterocycles. The van der Waals surface area contributed by atoms with Crippen LogP contribution in [0.15, 0.2) is 24.3 Å². The summed E-state index contributed by atoms with van der Waals surface area (Å²) in [6.45, 7) is 5.76. The van der Waals surface area contributed by atoms with Crippen LogP contribution in [0.4, 0.5) is 10.5 Å². The lowest BCUT2D eigenvalue weighted by molar-refractivity contribution is 0.197. The van der Waals surface area contributed by atoms with Crippen LogP contribution in [0.1, 0.15) is 0 Å². The van der Waals surface area contributed by atoms with Gasteiger partial charge in [-0.15, -0.1) is 0 Å². The van der Waals surface area contributed by atoms with Crippen molar-refractivity contribution in [1.82, 2.24) is 15.1 Å². The van der Waals surface area contributed by atoms with E-state index in [0.29, 0.717) is 11.6 Å². The fourth-order valence-corrected chi connectivity index (χ4v) is 2.30. The minimum absolute atomic E-state index is 0.109. The molecular formula is C14H21ClN4O. The number of rotatable bonds is 4. The van der Waals surface area contributed by atoms with E-state index in [-0.39, 0.29) is 6.03 Å². The van der Waals surface area contributed by atoms with Crippen LogP contribution in [0.5, 0.6) is 0 Å². The van der Waals surface area contributed by atoms with Crippen molar-refractivity contribution in [2.45, 2.75) is 0 Å². The zero-order chi connectivity index (χ0) is 14.4. The zero-order valence-corrected chi connectivity index (χ0v) is 12.5. The first-order chi connectivity index (χ1) is 9.65. The molecule has 110 valence electrons. The molecule has 0 unspecified atom stereocenters. The molecular weight excluding hydrogens is 276 g/mol. The number of carbonyl (C=O) groups is 1. The summed E-state index contributed by atoms with van der Waals surface area (Å²) < 4.78 is 0. The predicted molar refractivity (Wildman–Crippen MR) is 82.4 cm³/mol. The molecule has 0 atom stereocenters.